The largest absolute Gasteiger partial charge is 0.323 e. The first-order chi connectivity index (χ1) is 15.8. The zero-order valence-corrected chi connectivity index (χ0v) is 17.9. The molecule has 2 aromatic carbocycles. The SMILES string of the molecule is C/C(=N\c1cc(NC(=O)Nc2c(F)cccc2F)ccc1C)c1c2cccccc-2[nH]c1=O. The maximum absolute atomic E-state index is 13.8. The van der Waals surface area contributed by atoms with Crippen LogP contribution in [0.15, 0.2) is 76.5 Å². The quantitative estimate of drug-likeness (QED) is 0.344. The standard InChI is InChI=1S/C25H20F2N4O2/c1-14-11-12-16(29-25(33)31-23-18(26)8-6-9-19(23)27)13-21(14)28-15(2)22-17-7-4-3-5-10-20(17)30-24(22)32/h3-13H,1-2H3,(H,30,32)(H2,29,31,33)/b28-15+. The first-order valence-corrected chi connectivity index (χ1v) is 10.1. The summed E-state index contributed by atoms with van der Waals surface area (Å²) in [5.74, 6) is -1.76. The number of aliphatic imine (C=N–C) groups is 1. The summed E-state index contributed by atoms with van der Waals surface area (Å²) in [5, 5.41) is 4.72. The van der Waals surface area contributed by atoms with Gasteiger partial charge in [-0.1, -0.05) is 36.4 Å². The molecule has 0 saturated carbocycles. The summed E-state index contributed by atoms with van der Waals surface area (Å²) >= 11 is 0. The number of carbonyl (C=O) groups excluding carboxylic acids is 1. The van der Waals surface area contributed by atoms with E-state index in [9.17, 15) is 18.4 Å². The van der Waals surface area contributed by atoms with Gasteiger partial charge in [-0.2, -0.15) is 0 Å². The molecule has 1 heterocycles. The number of H-pyrrole nitrogens is 1. The van der Waals surface area contributed by atoms with Gasteiger partial charge in [0, 0.05) is 16.9 Å². The number of para-hydroxylation sites is 1. The number of halogens is 2. The van der Waals surface area contributed by atoms with Crippen LogP contribution in [-0.2, 0) is 0 Å². The molecular weight excluding hydrogens is 426 g/mol. The second-order valence-electron chi connectivity index (χ2n) is 7.44. The summed E-state index contributed by atoms with van der Waals surface area (Å²) in [4.78, 5) is 32.3. The van der Waals surface area contributed by atoms with Gasteiger partial charge in [0.25, 0.3) is 5.56 Å². The highest BCUT2D eigenvalue weighted by Gasteiger charge is 2.17. The lowest BCUT2D eigenvalue weighted by Gasteiger charge is -2.11. The molecule has 0 aromatic heterocycles. The van der Waals surface area contributed by atoms with Crippen molar-refractivity contribution in [3.05, 3.63) is 99.8 Å². The van der Waals surface area contributed by atoms with E-state index in [1.165, 1.54) is 6.07 Å². The van der Waals surface area contributed by atoms with Crippen LogP contribution in [0.25, 0.3) is 11.3 Å². The molecule has 3 N–H and O–H groups in total. The number of hydrogen-bond donors (Lipinski definition) is 3. The van der Waals surface area contributed by atoms with Gasteiger partial charge >= 0.3 is 6.03 Å². The molecule has 33 heavy (non-hydrogen) atoms. The fourth-order valence-electron chi connectivity index (χ4n) is 3.48. The van der Waals surface area contributed by atoms with E-state index in [0.29, 0.717) is 28.3 Å². The van der Waals surface area contributed by atoms with Gasteiger partial charge in [-0.25, -0.2) is 13.6 Å². The zero-order valence-electron chi connectivity index (χ0n) is 17.9. The van der Waals surface area contributed by atoms with E-state index in [1.807, 2.05) is 37.3 Å². The number of aromatic nitrogens is 1. The minimum absolute atomic E-state index is 0.240. The average molecular weight is 446 g/mol. The van der Waals surface area contributed by atoms with Crippen molar-refractivity contribution in [2.45, 2.75) is 13.8 Å². The molecule has 1 aliphatic carbocycles. The Hall–Kier alpha value is -4.33. The highest BCUT2D eigenvalue weighted by Crippen LogP contribution is 2.27. The molecule has 0 unspecified atom stereocenters. The summed E-state index contributed by atoms with van der Waals surface area (Å²) < 4.78 is 27.6. The van der Waals surface area contributed by atoms with Crippen molar-refractivity contribution in [1.82, 2.24) is 4.98 Å². The van der Waals surface area contributed by atoms with Crippen LogP contribution >= 0.6 is 0 Å². The van der Waals surface area contributed by atoms with Gasteiger partial charge in [-0.15, -0.1) is 0 Å². The number of amides is 2. The van der Waals surface area contributed by atoms with Gasteiger partial charge in [0.1, 0.15) is 17.3 Å². The number of aromatic amines is 1. The lowest BCUT2D eigenvalue weighted by atomic mass is 10.1. The Morgan fingerprint density at radius 2 is 1.67 bits per heavy atom. The van der Waals surface area contributed by atoms with Gasteiger partial charge in [-0.05, 0) is 49.7 Å². The van der Waals surface area contributed by atoms with Gasteiger partial charge < -0.3 is 15.6 Å². The molecule has 0 bridgehead atoms. The number of anilines is 2. The number of urea groups is 1. The third kappa shape index (κ3) is 4.64. The van der Waals surface area contributed by atoms with E-state index in [2.05, 4.69) is 20.6 Å². The van der Waals surface area contributed by atoms with Crippen LogP contribution < -0.4 is 16.2 Å². The molecule has 2 aromatic rings. The Bertz CT molecular complexity index is 1390. The normalized spacial score (nSPS) is 11.5. The van der Waals surface area contributed by atoms with Gasteiger partial charge in [0.05, 0.1) is 17.0 Å². The van der Waals surface area contributed by atoms with Crippen molar-refractivity contribution in [2.75, 3.05) is 10.6 Å². The summed E-state index contributed by atoms with van der Waals surface area (Å²) in [7, 11) is 0. The van der Waals surface area contributed by atoms with E-state index >= 15 is 0 Å². The predicted octanol–water partition coefficient (Wildman–Crippen LogP) is 5.85. The van der Waals surface area contributed by atoms with Crippen molar-refractivity contribution in [3.63, 3.8) is 0 Å². The Morgan fingerprint density at radius 1 is 0.939 bits per heavy atom. The van der Waals surface area contributed by atoms with Crippen molar-refractivity contribution >= 4 is 28.8 Å². The fraction of sp³-hybridized carbons (Fsp3) is 0.0800. The van der Waals surface area contributed by atoms with Crippen molar-refractivity contribution < 1.29 is 13.6 Å². The number of hydrogen-bond acceptors (Lipinski definition) is 3. The highest BCUT2D eigenvalue weighted by molar-refractivity contribution is 6.06. The number of fused-ring (bicyclic) bond motifs is 1. The van der Waals surface area contributed by atoms with Crippen LogP contribution in [0.1, 0.15) is 18.1 Å². The van der Waals surface area contributed by atoms with Gasteiger partial charge in [0.2, 0.25) is 0 Å². The van der Waals surface area contributed by atoms with E-state index in [4.69, 9.17) is 0 Å². The van der Waals surface area contributed by atoms with Crippen LogP contribution in [0.5, 0.6) is 0 Å². The Balaban J connectivity index is 1.61. The van der Waals surface area contributed by atoms with Gasteiger partial charge in [-0.3, -0.25) is 9.79 Å². The maximum Gasteiger partial charge on any atom is 0.323 e. The molecule has 6 nitrogen and oxygen atoms in total. The lowest BCUT2D eigenvalue weighted by molar-refractivity contribution is 0.262. The number of nitrogens with one attached hydrogen (secondary N) is 3. The van der Waals surface area contributed by atoms with Crippen LogP contribution in [0.2, 0.25) is 0 Å². The minimum Gasteiger partial charge on any atom is -0.321 e. The molecular formula is C25H20F2N4O2. The molecule has 166 valence electrons. The number of aryl methyl sites for hydroxylation is 1. The molecule has 0 spiro atoms. The Kier molecular flexibility index (Phi) is 5.99. The minimum atomic E-state index is -0.879. The van der Waals surface area contributed by atoms with Crippen LogP contribution in [0, 0.1) is 18.6 Å². The highest BCUT2D eigenvalue weighted by atomic mass is 19.1. The smallest absolute Gasteiger partial charge is 0.321 e. The summed E-state index contributed by atoms with van der Waals surface area (Å²) in [6, 6.07) is 16.7. The Labute approximate surface area is 188 Å². The van der Waals surface area contributed by atoms with Gasteiger partial charge in [0.15, 0.2) is 0 Å². The molecule has 0 fully saturated rings. The molecule has 2 amide bonds. The fourth-order valence-corrected chi connectivity index (χ4v) is 3.48. The topological polar surface area (TPSA) is 86.3 Å². The lowest BCUT2D eigenvalue weighted by Crippen LogP contribution is -2.21. The first kappa shape index (κ1) is 21.9. The maximum atomic E-state index is 13.8. The van der Waals surface area contributed by atoms with E-state index in [0.717, 1.165) is 23.3 Å². The van der Waals surface area contributed by atoms with E-state index < -0.39 is 23.4 Å². The average Bonchev–Trinajstić information content (AvgIpc) is 2.91. The molecule has 2 aliphatic rings. The van der Waals surface area contributed by atoms with E-state index in [-0.39, 0.29) is 5.56 Å². The molecule has 0 atom stereocenters. The molecule has 1 aliphatic heterocycles. The summed E-state index contributed by atoms with van der Waals surface area (Å²) in [6.45, 7) is 3.59. The van der Waals surface area contributed by atoms with Crippen LogP contribution in [0.3, 0.4) is 0 Å². The van der Waals surface area contributed by atoms with E-state index in [1.54, 1.807) is 25.1 Å². The summed E-state index contributed by atoms with van der Waals surface area (Å²) in [5.41, 5.74) is 3.39. The van der Waals surface area contributed by atoms with Crippen molar-refractivity contribution in [3.8, 4) is 11.3 Å². The predicted molar refractivity (Wildman–Crippen MR) is 126 cm³/mol. The third-order valence-corrected chi connectivity index (χ3v) is 5.10. The van der Waals surface area contributed by atoms with Crippen molar-refractivity contribution in [1.29, 1.82) is 0 Å². The summed E-state index contributed by atoms with van der Waals surface area (Å²) in [6.07, 6.45) is 0. The van der Waals surface area contributed by atoms with Crippen LogP contribution in [0.4, 0.5) is 30.6 Å². The second kappa shape index (κ2) is 9.04. The van der Waals surface area contributed by atoms with Crippen LogP contribution in [-0.4, -0.2) is 16.7 Å². The number of benzene rings is 2. The molecule has 4 rings (SSSR count). The zero-order chi connectivity index (χ0) is 23.5. The first-order valence-electron chi connectivity index (χ1n) is 10.1. The monoisotopic (exact) mass is 446 g/mol. The molecule has 8 heteroatoms. The van der Waals surface area contributed by atoms with Crippen molar-refractivity contribution in [2.24, 2.45) is 4.99 Å². The second-order valence-corrected chi connectivity index (χ2v) is 7.44. The number of rotatable bonds is 4. The molecule has 0 radical (unpaired) electrons. The Morgan fingerprint density at radius 3 is 2.42 bits per heavy atom. The third-order valence-electron chi connectivity index (χ3n) is 5.10. The number of nitrogens with zero attached hydrogens (tertiary/aromatic N) is 1. The molecule has 0 saturated heterocycles. The number of carbonyl (C=O) groups is 1.